The Morgan fingerprint density at radius 3 is 1.95 bits per heavy atom. The van der Waals surface area contributed by atoms with Crippen LogP contribution >= 0.6 is 0 Å². The van der Waals surface area contributed by atoms with Crippen molar-refractivity contribution >= 4 is 23.0 Å². The van der Waals surface area contributed by atoms with E-state index in [0.717, 1.165) is 29.6 Å². The van der Waals surface area contributed by atoms with Crippen LogP contribution in [-0.4, -0.2) is 17.0 Å². The number of hydrogen-bond acceptors (Lipinski definition) is 4. The van der Waals surface area contributed by atoms with Gasteiger partial charge in [-0.3, -0.25) is 0 Å². The summed E-state index contributed by atoms with van der Waals surface area (Å²) in [5.74, 6) is 1.89. The number of rotatable bonds is 2. The number of nitrogens with zero attached hydrogens (tertiary/aromatic N) is 4. The van der Waals surface area contributed by atoms with Gasteiger partial charge in [-0.2, -0.15) is 0 Å². The van der Waals surface area contributed by atoms with Gasteiger partial charge < -0.3 is 9.80 Å². The summed E-state index contributed by atoms with van der Waals surface area (Å²) < 4.78 is 0. The number of pyridine rings is 2. The molecule has 2 aromatic heterocycles. The van der Waals surface area contributed by atoms with Crippen LogP contribution < -0.4 is 9.80 Å². The highest BCUT2D eigenvalue weighted by Crippen LogP contribution is 2.44. The van der Waals surface area contributed by atoms with Crippen LogP contribution in [0.25, 0.3) is 0 Å². The molecule has 1 aromatic carbocycles. The summed E-state index contributed by atoms with van der Waals surface area (Å²) in [5, 5.41) is 0. The van der Waals surface area contributed by atoms with Crippen LogP contribution in [-0.2, 0) is 6.54 Å². The third kappa shape index (κ3) is 2.00. The quantitative estimate of drug-likeness (QED) is 0.716. The summed E-state index contributed by atoms with van der Waals surface area (Å²) >= 11 is 0. The van der Waals surface area contributed by atoms with E-state index in [2.05, 4.69) is 63.2 Å². The zero-order valence-electron chi connectivity index (χ0n) is 12.3. The minimum absolute atomic E-state index is 0.753. The second kappa shape index (κ2) is 5.15. The molecule has 0 spiro atoms. The van der Waals surface area contributed by atoms with E-state index >= 15 is 0 Å². The second-order valence-electron chi connectivity index (χ2n) is 5.32. The average molecular weight is 288 g/mol. The first-order valence-corrected chi connectivity index (χ1v) is 7.30. The Morgan fingerprint density at radius 2 is 1.36 bits per heavy atom. The Morgan fingerprint density at radius 1 is 0.773 bits per heavy atom. The Bertz CT molecular complexity index is 753. The first-order chi connectivity index (χ1) is 10.8. The van der Waals surface area contributed by atoms with Gasteiger partial charge in [0.05, 0.1) is 17.9 Å². The van der Waals surface area contributed by atoms with Gasteiger partial charge in [0.15, 0.2) is 11.6 Å². The molecule has 108 valence electrons. The summed E-state index contributed by atoms with van der Waals surface area (Å²) in [6.45, 7) is 0.753. The first kappa shape index (κ1) is 12.8. The van der Waals surface area contributed by atoms with E-state index in [4.69, 9.17) is 0 Å². The maximum atomic E-state index is 4.59. The first-order valence-electron chi connectivity index (χ1n) is 7.30. The van der Waals surface area contributed by atoms with Crippen molar-refractivity contribution in [2.24, 2.45) is 0 Å². The molecular formula is C18H16N4. The molecule has 0 radical (unpaired) electrons. The molecule has 3 aromatic rings. The molecule has 0 N–H and O–H groups in total. The van der Waals surface area contributed by atoms with Gasteiger partial charge in [0.2, 0.25) is 0 Å². The van der Waals surface area contributed by atoms with Crippen LogP contribution in [0, 0.1) is 0 Å². The molecule has 22 heavy (non-hydrogen) atoms. The van der Waals surface area contributed by atoms with E-state index < -0.39 is 0 Å². The van der Waals surface area contributed by atoms with Gasteiger partial charge in [-0.15, -0.1) is 0 Å². The summed E-state index contributed by atoms with van der Waals surface area (Å²) in [7, 11) is 2.06. The standard InChI is InChI=1S/C18H16N4/c1-21-15-9-5-11-19-17(15)22(13-14-7-3-2-4-8-14)18-16(21)10-6-12-20-18/h2-12H,13H2,1H3. The van der Waals surface area contributed by atoms with Gasteiger partial charge in [-0.05, 0) is 29.8 Å². The lowest BCUT2D eigenvalue weighted by Crippen LogP contribution is -2.28. The third-order valence-electron chi connectivity index (χ3n) is 3.95. The van der Waals surface area contributed by atoms with Gasteiger partial charge in [-0.25, -0.2) is 9.97 Å². The smallest absolute Gasteiger partial charge is 0.158 e. The lowest BCUT2D eigenvalue weighted by molar-refractivity contribution is 0.897. The third-order valence-corrected chi connectivity index (χ3v) is 3.95. The van der Waals surface area contributed by atoms with Crippen molar-refractivity contribution in [3.63, 3.8) is 0 Å². The molecule has 3 heterocycles. The van der Waals surface area contributed by atoms with Crippen molar-refractivity contribution in [3.8, 4) is 0 Å². The zero-order chi connectivity index (χ0) is 14.9. The predicted molar refractivity (Wildman–Crippen MR) is 88.8 cm³/mol. The van der Waals surface area contributed by atoms with Crippen LogP contribution in [0.4, 0.5) is 23.0 Å². The molecule has 4 heteroatoms. The van der Waals surface area contributed by atoms with E-state index in [1.807, 2.05) is 30.6 Å². The number of benzene rings is 1. The monoisotopic (exact) mass is 288 g/mol. The molecule has 0 atom stereocenters. The molecule has 0 amide bonds. The summed E-state index contributed by atoms with van der Waals surface area (Å²) in [6.07, 6.45) is 3.66. The fourth-order valence-corrected chi connectivity index (χ4v) is 2.86. The molecule has 4 rings (SSSR count). The molecule has 0 fully saturated rings. The van der Waals surface area contributed by atoms with Crippen LogP contribution in [0.5, 0.6) is 0 Å². The van der Waals surface area contributed by atoms with Gasteiger partial charge in [0, 0.05) is 19.4 Å². The predicted octanol–water partition coefficient (Wildman–Crippen LogP) is 3.90. The molecule has 0 saturated carbocycles. The number of aromatic nitrogens is 2. The normalized spacial score (nSPS) is 12.8. The minimum Gasteiger partial charge on any atom is -0.339 e. The molecule has 4 nitrogen and oxygen atoms in total. The van der Waals surface area contributed by atoms with Crippen LogP contribution in [0.2, 0.25) is 0 Å². The molecule has 0 bridgehead atoms. The van der Waals surface area contributed by atoms with E-state index in [1.165, 1.54) is 5.56 Å². The zero-order valence-corrected chi connectivity index (χ0v) is 12.3. The van der Waals surface area contributed by atoms with Crippen LogP contribution in [0.3, 0.4) is 0 Å². The number of hydrogen-bond donors (Lipinski definition) is 0. The van der Waals surface area contributed by atoms with Crippen molar-refractivity contribution in [1.82, 2.24) is 9.97 Å². The van der Waals surface area contributed by atoms with Gasteiger partial charge >= 0.3 is 0 Å². The molecule has 1 aliphatic rings. The maximum Gasteiger partial charge on any atom is 0.158 e. The summed E-state index contributed by atoms with van der Waals surface area (Å²) in [4.78, 5) is 13.5. The van der Waals surface area contributed by atoms with Crippen LogP contribution in [0.15, 0.2) is 67.0 Å². The number of fused-ring (bicyclic) bond motifs is 2. The fraction of sp³-hybridized carbons (Fsp3) is 0.111. The molecule has 0 saturated heterocycles. The topological polar surface area (TPSA) is 32.3 Å². The summed E-state index contributed by atoms with van der Waals surface area (Å²) in [6, 6.07) is 18.5. The molecule has 1 aliphatic heterocycles. The van der Waals surface area contributed by atoms with Gasteiger partial charge in [0.1, 0.15) is 0 Å². The minimum atomic E-state index is 0.753. The highest BCUT2D eigenvalue weighted by molar-refractivity contribution is 5.88. The van der Waals surface area contributed by atoms with E-state index in [-0.39, 0.29) is 0 Å². The van der Waals surface area contributed by atoms with Crippen molar-refractivity contribution in [2.75, 3.05) is 16.8 Å². The van der Waals surface area contributed by atoms with Gasteiger partial charge in [0.25, 0.3) is 0 Å². The number of anilines is 4. The second-order valence-corrected chi connectivity index (χ2v) is 5.32. The Balaban J connectivity index is 1.85. The average Bonchev–Trinajstić information content (AvgIpc) is 2.59. The Hall–Kier alpha value is -2.88. The van der Waals surface area contributed by atoms with Gasteiger partial charge in [-0.1, -0.05) is 30.3 Å². The van der Waals surface area contributed by atoms with Crippen molar-refractivity contribution in [3.05, 3.63) is 72.6 Å². The molecule has 0 aliphatic carbocycles. The van der Waals surface area contributed by atoms with E-state index in [1.54, 1.807) is 0 Å². The lowest BCUT2D eigenvalue weighted by atomic mass is 10.1. The highest BCUT2D eigenvalue weighted by Gasteiger charge is 2.28. The highest BCUT2D eigenvalue weighted by atomic mass is 15.3. The fourth-order valence-electron chi connectivity index (χ4n) is 2.86. The van der Waals surface area contributed by atoms with Crippen molar-refractivity contribution in [2.45, 2.75) is 6.54 Å². The Labute approximate surface area is 129 Å². The summed E-state index contributed by atoms with van der Waals surface area (Å²) in [5.41, 5.74) is 3.43. The lowest BCUT2D eigenvalue weighted by Gasteiger charge is -2.36. The van der Waals surface area contributed by atoms with E-state index in [0.29, 0.717) is 0 Å². The Kier molecular flexibility index (Phi) is 3.00. The SMILES string of the molecule is CN1c2cccnc2N(Cc2ccccc2)c2ncccc21. The van der Waals surface area contributed by atoms with Crippen LogP contribution in [0.1, 0.15) is 5.56 Å². The molecular weight excluding hydrogens is 272 g/mol. The van der Waals surface area contributed by atoms with Crippen molar-refractivity contribution < 1.29 is 0 Å². The largest absolute Gasteiger partial charge is 0.339 e. The van der Waals surface area contributed by atoms with E-state index in [9.17, 15) is 0 Å². The molecule has 0 unspecified atom stereocenters. The maximum absolute atomic E-state index is 4.59. The van der Waals surface area contributed by atoms with Crippen molar-refractivity contribution in [1.29, 1.82) is 0 Å².